The molecule has 0 saturated carbocycles. The van der Waals surface area contributed by atoms with Gasteiger partial charge in [-0.25, -0.2) is 4.79 Å². The second-order valence-electron chi connectivity index (χ2n) is 3.08. The fourth-order valence-corrected chi connectivity index (χ4v) is 1.21. The number of carbonyl (C=O) groups is 1. The summed E-state index contributed by atoms with van der Waals surface area (Å²) in [6, 6.07) is 8.91. The van der Waals surface area contributed by atoms with Crippen molar-refractivity contribution in [1.82, 2.24) is 0 Å². The van der Waals surface area contributed by atoms with Crippen LogP contribution in [-0.4, -0.2) is 17.7 Å². The van der Waals surface area contributed by atoms with Crippen LogP contribution in [0, 0.1) is 0 Å². The SMILES string of the molecule is C=CCCOC(C(=O)O)c1ccccc1. The van der Waals surface area contributed by atoms with Crippen molar-refractivity contribution < 1.29 is 14.6 Å². The quantitative estimate of drug-likeness (QED) is 0.574. The van der Waals surface area contributed by atoms with Gasteiger partial charge in [0.1, 0.15) is 0 Å². The van der Waals surface area contributed by atoms with Crippen LogP contribution in [0.25, 0.3) is 0 Å². The molecule has 1 aromatic rings. The lowest BCUT2D eigenvalue weighted by Gasteiger charge is -2.12. The molecule has 0 bridgehead atoms. The minimum absolute atomic E-state index is 0.370. The first-order valence-electron chi connectivity index (χ1n) is 4.76. The fourth-order valence-electron chi connectivity index (χ4n) is 1.21. The number of ether oxygens (including phenoxy) is 1. The number of benzene rings is 1. The molecular formula is C12H14O3. The first-order valence-corrected chi connectivity index (χ1v) is 4.76. The predicted octanol–water partition coefficient (Wildman–Crippen LogP) is 2.41. The smallest absolute Gasteiger partial charge is 0.337 e. The zero-order chi connectivity index (χ0) is 11.1. The van der Waals surface area contributed by atoms with E-state index in [0.717, 1.165) is 0 Å². The van der Waals surface area contributed by atoms with Gasteiger partial charge in [0, 0.05) is 0 Å². The third-order valence-electron chi connectivity index (χ3n) is 1.93. The maximum Gasteiger partial charge on any atom is 0.337 e. The molecule has 1 unspecified atom stereocenters. The highest BCUT2D eigenvalue weighted by molar-refractivity contribution is 5.74. The van der Waals surface area contributed by atoms with E-state index >= 15 is 0 Å². The Labute approximate surface area is 89.0 Å². The molecule has 1 N–H and O–H groups in total. The van der Waals surface area contributed by atoms with Gasteiger partial charge in [-0.15, -0.1) is 6.58 Å². The van der Waals surface area contributed by atoms with Gasteiger partial charge >= 0.3 is 5.97 Å². The van der Waals surface area contributed by atoms with E-state index in [-0.39, 0.29) is 0 Å². The standard InChI is InChI=1S/C12H14O3/c1-2-3-9-15-11(12(13)14)10-7-5-4-6-8-10/h2,4-8,11H,1,3,9H2,(H,13,14). The van der Waals surface area contributed by atoms with Crippen molar-refractivity contribution >= 4 is 5.97 Å². The van der Waals surface area contributed by atoms with E-state index in [4.69, 9.17) is 9.84 Å². The van der Waals surface area contributed by atoms with Crippen LogP contribution in [0.2, 0.25) is 0 Å². The first-order chi connectivity index (χ1) is 7.25. The molecule has 3 heteroatoms. The molecule has 0 amide bonds. The molecule has 1 atom stereocenters. The largest absolute Gasteiger partial charge is 0.479 e. The number of rotatable bonds is 6. The molecule has 3 nitrogen and oxygen atoms in total. The summed E-state index contributed by atoms with van der Waals surface area (Å²) in [5.74, 6) is -0.967. The Morgan fingerprint density at radius 2 is 2.13 bits per heavy atom. The molecule has 0 saturated heterocycles. The van der Waals surface area contributed by atoms with Crippen LogP contribution in [0.4, 0.5) is 0 Å². The van der Waals surface area contributed by atoms with Gasteiger partial charge in [-0.2, -0.15) is 0 Å². The molecule has 15 heavy (non-hydrogen) atoms. The van der Waals surface area contributed by atoms with Crippen molar-refractivity contribution in [3.05, 3.63) is 48.6 Å². The van der Waals surface area contributed by atoms with E-state index in [1.54, 1.807) is 30.3 Å². The zero-order valence-electron chi connectivity index (χ0n) is 8.43. The predicted molar refractivity (Wildman–Crippen MR) is 57.6 cm³/mol. The Balaban J connectivity index is 2.66. The van der Waals surface area contributed by atoms with Crippen LogP contribution in [0.15, 0.2) is 43.0 Å². The van der Waals surface area contributed by atoms with E-state index in [2.05, 4.69) is 6.58 Å². The van der Waals surface area contributed by atoms with Crippen LogP contribution >= 0.6 is 0 Å². The molecule has 0 fully saturated rings. The molecule has 0 aliphatic carbocycles. The zero-order valence-corrected chi connectivity index (χ0v) is 8.43. The van der Waals surface area contributed by atoms with Gasteiger partial charge in [0.15, 0.2) is 6.10 Å². The number of hydrogen-bond acceptors (Lipinski definition) is 2. The second-order valence-corrected chi connectivity index (χ2v) is 3.08. The number of carboxylic acids is 1. The van der Waals surface area contributed by atoms with E-state index < -0.39 is 12.1 Å². The number of aliphatic carboxylic acids is 1. The van der Waals surface area contributed by atoms with Crippen LogP contribution in [0.3, 0.4) is 0 Å². The van der Waals surface area contributed by atoms with Gasteiger partial charge in [-0.1, -0.05) is 36.4 Å². The molecule has 80 valence electrons. The highest BCUT2D eigenvalue weighted by Crippen LogP contribution is 2.17. The van der Waals surface area contributed by atoms with Gasteiger partial charge in [0.05, 0.1) is 6.61 Å². The van der Waals surface area contributed by atoms with Gasteiger partial charge in [0.2, 0.25) is 0 Å². The molecule has 0 aliphatic heterocycles. The highest BCUT2D eigenvalue weighted by Gasteiger charge is 2.19. The molecule has 0 aromatic heterocycles. The Morgan fingerprint density at radius 3 is 2.67 bits per heavy atom. The number of hydrogen-bond donors (Lipinski definition) is 1. The fraction of sp³-hybridized carbons (Fsp3) is 0.250. The molecule has 0 aliphatic rings. The lowest BCUT2D eigenvalue weighted by Crippen LogP contribution is -2.15. The third-order valence-corrected chi connectivity index (χ3v) is 1.93. The summed E-state index contributed by atoms with van der Waals surface area (Å²) in [5, 5.41) is 8.98. The maximum absolute atomic E-state index is 10.9. The van der Waals surface area contributed by atoms with Crippen molar-refractivity contribution in [2.24, 2.45) is 0 Å². The van der Waals surface area contributed by atoms with Crippen LogP contribution < -0.4 is 0 Å². The molecule has 0 radical (unpaired) electrons. The Morgan fingerprint density at radius 1 is 1.47 bits per heavy atom. The third kappa shape index (κ3) is 3.56. The van der Waals surface area contributed by atoms with E-state index in [1.807, 2.05) is 6.07 Å². The Bertz CT molecular complexity index is 319. The molecule has 0 heterocycles. The molecule has 0 spiro atoms. The summed E-state index contributed by atoms with van der Waals surface area (Å²) >= 11 is 0. The average Bonchev–Trinajstić information content (AvgIpc) is 2.25. The summed E-state index contributed by atoms with van der Waals surface area (Å²) in [4.78, 5) is 10.9. The van der Waals surface area contributed by atoms with E-state index in [1.165, 1.54) is 0 Å². The van der Waals surface area contributed by atoms with Crippen molar-refractivity contribution in [2.45, 2.75) is 12.5 Å². The summed E-state index contributed by atoms with van der Waals surface area (Å²) in [7, 11) is 0. The summed E-state index contributed by atoms with van der Waals surface area (Å²) < 4.78 is 5.26. The topological polar surface area (TPSA) is 46.5 Å². The van der Waals surface area contributed by atoms with Gasteiger partial charge in [-0.3, -0.25) is 0 Å². The average molecular weight is 206 g/mol. The lowest BCUT2D eigenvalue weighted by molar-refractivity contribution is -0.150. The van der Waals surface area contributed by atoms with Gasteiger partial charge in [0.25, 0.3) is 0 Å². The van der Waals surface area contributed by atoms with Crippen LogP contribution in [-0.2, 0) is 9.53 Å². The monoisotopic (exact) mass is 206 g/mol. The molecule has 1 aromatic carbocycles. The summed E-state index contributed by atoms with van der Waals surface area (Å²) in [5.41, 5.74) is 0.661. The van der Waals surface area contributed by atoms with Crippen molar-refractivity contribution in [3.63, 3.8) is 0 Å². The Hall–Kier alpha value is -1.61. The van der Waals surface area contributed by atoms with Crippen LogP contribution in [0.1, 0.15) is 18.1 Å². The minimum atomic E-state index is -0.967. The minimum Gasteiger partial charge on any atom is -0.479 e. The van der Waals surface area contributed by atoms with Gasteiger partial charge < -0.3 is 9.84 Å². The summed E-state index contributed by atoms with van der Waals surface area (Å²) in [6.45, 7) is 3.92. The number of carboxylic acid groups (broad SMARTS) is 1. The second kappa shape index (κ2) is 5.98. The Kier molecular flexibility index (Phi) is 4.57. The van der Waals surface area contributed by atoms with Crippen LogP contribution in [0.5, 0.6) is 0 Å². The normalized spacial score (nSPS) is 12.0. The van der Waals surface area contributed by atoms with E-state index in [0.29, 0.717) is 18.6 Å². The first kappa shape index (κ1) is 11.5. The lowest BCUT2D eigenvalue weighted by atomic mass is 10.1. The van der Waals surface area contributed by atoms with Gasteiger partial charge in [-0.05, 0) is 12.0 Å². The van der Waals surface area contributed by atoms with E-state index in [9.17, 15) is 4.79 Å². The van der Waals surface area contributed by atoms with Crippen molar-refractivity contribution in [2.75, 3.05) is 6.61 Å². The highest BCUT2D eigenvalue weighted by atomic mass is 16.5. The molecule has 1 rings (SSSR count). The molecular weight excluding hydrogens is 192 g/mol. The summed E-state index contributed by atoms with van der Waals surface area (Å²) in [6.07, 6.45) is 1.46. The van der Waals surface area contributed by atoms with Crippen molar-refractivity contribution in [3.8, 4) is 0 Å². The maximum atomic E-state index is 10.9. The van der Waals surface area contributed by atoms with Crippen molar-refractivity contribution in [1.29, 1.82) is 0 Å².